The highest BCUT2D eigenvalue weighted by Gasteiger charge is 2.18. The van der Waals surface area contributed by atoms with Crippen molar-refractivity contribution in [2.45, 2.75) is 30.1 Å². The summed E-state index contributed by atoms with van der Waals surface area (Å²) in [4.78, 5) is 10.8. The second-order valence-electron chi connectivity index (χ2n) is 5.99. The Morgan fingerprint density at radius 1 is 0.964 bits per heavy atom. The number of primary sulfonamides is 1. The average molecular weight is 427 g/mol. The van der Waals surface area contributed by atoms with E-state index in [1.807, 2.05) is 6.92 Å². The zero-order valence-corrected chi connectivity index (χ0v) is 17.0. The zero-order chi connectivity index (χ0) is 20.9. The highest BCUT2D eigenvalue weighted by atomic mass is 32.2. The Labute approximate surface area is 164 Å². The van der Waals surface area contributed by atoms with Crippen LogP contribution in [0.2, 0.25) is 0 Å². The molecule has 0 unspecified atom stereocenters. The Morgan fingerprint density at radius 2 is 1.57 bits per heavy atom. The van der Waals surface area contributed by atoms with E-state index >= 15 is 0 Å². The Kier molecular flexibility index (Phi) is 6.65. The Bertz CT molecular complexity index is 1070. The number of amides is 1. The number of rotatable bonds is 8. The van der Waals surface area contributed by atoms with Crippen molar-refractivity contribution in [3.05, 3.63) is 42.5 Å². The molecule has 2 rings (SSSR count). The molecule has 152 valence electrons. The Balaban J connectivity index is 2.39. The molecule has 0 saturated heterocycles. The molecule has 0 aliphatic heterocycles. The molecule has 5 N–H and O–H groups in total. The fraction of sp³-hybridized carbons (Fsp3) is 0.235. The molecule has 9 nitrogen and oxygen atoms in total. The van der Waals surface area contributed by atoms with Crippen molar-refractivity contribution in [2.75, 3.05) is 21.9 Å². The van der Waals surface area contributed by atoms with E-state index in [4.69, 9.17) is 5.14 Å². The van der Waals surface area contributed by atoms with Crippen LogP contribution in [0.3, 0.4) is 0 Å². The fourth-order valence-corrected chi connectivity index (χ4v) is 3.93. The van der Waals surface area contributed by atoms with Crippen LogP contribution in [0.4, 0.5) is 17.1 Å². The third-order valence-electron chi connectivity index (χ3n) is 3.61. The van der Waals surface area contributed by atoms with Gasteiger partial charge in [0.2, 0.25) is 15.9 Å². The number of carbonyl (C=O) groups is 1. The highest BCUT2D eigenvalue weighted by molar-refractivity contribution is 7.92. The van der Waals surface area contributed by atoms with E-state index in [0.29, 0.717) is 17.9 Å². The van der Waals surface area contributed by atoms with Crippen molar-refractivity contribution in [3.63, 3.8) is 0 Å². The van der Waals surface area contributed by atoms with E-state index in [1.165, 1.54) is 43.3 Å². The molecule has 0 heterocycles. The molecule has 0 aliphatic carbocycles. The maximum atomic E-state index is 12.7. The largest absolute Gasteiger partial charge is 0.383 e. The van der Waals surface area contributed by atoms with E-state index in [9.17, 15) is 21.6 Å². The molecule has 2 aromatic carbocycles. The Morgan fingerprint density at radius 3 is 2.11 bits per heavy atom. The number of sulfonamides is 2. The van der Waals surface area contributed by atoms with Gasteiger partial charge in [0.1, 0.15) is 0 Å². The van der Waals surface area contributed by atoms with Gasteiger partial charge >= 0.3 is 0 Å². The van der Waals surface area contributed by atoms with Crippen LogP contribution in [0.5, 0.6) is 0 Å². The molecule has 0 bridgehead atoms. The van der Waals surface area contributed by atoms with Gasteiger partial charge in [0.15, 0.2) is 0 Å². The summed E-state index contributed by atoms with van der Waals surface area (Å²) in [6.07, 6.45) is 0.785. The van der Waals surface area contributed by atoms with E-state index in [0.717, 1.165) is 12.5 Å². The van der Waals surface area contributed by atoms with Crippen molar-refractivity contribution in [2.24, 2.45) is 5.14 Å². The van der Waals surface area contributed by atoms with Crippen LogP contribution in [0.15, 0.2) is 52.3 Å². The maximum absolute atomic E-state index is 12.7. The number of carbonyl (C=O) groups excluding carboxylic acids is 1. The molecule has 0 aliphatic rings. The lowest BCUT2D eigenvalue weighted by Gasteiger charge is -2.15. The second-order valence-corrected chi connectivity index (χ2v) is 9.23. The van der Waals surface area contributed by atoms with Gasteiger partial charge < -0.3 is 10.6 Å². The first-order valence-corrected chi connectivity index (χ1v) is 11.4. The fourth-order valence-electron chi connectivity index (χ4n) is 2.32. The van der Waals surface area contributed by atoms with Crippen molar-refractivity contribution in [3.8, 4) is 0 Å². The molecule has 28 heavy (non-hydrogen) atoms. The number of nitrogens with one attached hydrogen (secondary N) is 3. The van der Waals surface area contributed by atoms with Gasteiger partial charge in [-0.3, -0.25) is 9.52 Å². The standard InChI is InChI=1S/C17H22N4O5S2/c1-3-10-19-16-9-8-15(27(18,23)24)11-17(16)21-28(25,26)14-6-4-13(5-7-14)20-12(2)22/h4-9,11,19,21H,3,10H2,1-2H3,(H,20,22)(H2,18,23,24). The lowest BCUT2D eigenvalue weighted by molar-refractivity contribution is -0.114. The summed E-state index contributed by atoms with van der Waals surface area (Å²) < 4.78 is 51.1. The van der Waals surface area contributed by atoms with Crippen molar-refractivity contribution < 1.29 is 21.6 Å². The minimum atomic E-state index is -4.01. The minimum absolute atomic E-state index is 0.0518. The summed E-state index contributed by atoms with van der Waals surface area (Å²) >= 11 is 0. The van der Waals surface area contributed by atoms with Gasteiger partial charge in [-0.25, -0.2) is 22.0 Å². The van der Waals surface area contributed by atoms with Crippen molar-refractivity contribution in [1.82, 2.24) is 0 Å². The minimum Gasteiger partial charge on any atom is -0.383 e. The van der Waals surface area contributed by atoms with Gasteiger partial charge in [0.25, 0.3) is 10.0 Å². The summed E-state index contributed by atoms with van der Waals surface area (Å²) in [6.45, 7) is 3.84. The number of hydrogen-bond donors (Lipinski definition) is 4. The Hall–Kier alpha value is -2.63. The molecule has 1 amide bonds. The van der Waals surface area contributed by atoms with Crippen LogP contribution >= 0.6 is 0 Å². The van der Waals surface area contributed by atoms with Crippen molar-refractivity contribution in [1.29, 1.82) is 0 Å². The highest BCUT2D eigenvalue weighted by Crippen LogP contribution is 2.28. The summed E-state index contributed by atoms with van der Waals surface area (Å²) in [5.74, 6) is -0.278. The van der Waals surface area contributed by atoms with Gasteiger partial charge in [0.05, 0.1) is 21.2 Å². The van der Waals surface area contributed by atoms with Crippen molar-refractivity contribution >= 4 is 43.0 Å². The summed E-state index contributed by atoms with van der Waals surface area (Å²) in [7, 11) is -8.01. The van der Waals surface area contributed by atoms with Gasteiger partial charge in [-0.2, -0.15) is 0 Å². The number of nitrogens with two attached hydrogens (primary N) is 1. The molecule has 11 heteroatoms. The van der Waals surface area contributed by atoms with Crippen LogP contribution in [0.1, 0.15) is 20.3 Å². The maximum Gasteiger partial charge on any atom is 0.261 e. The van der Waals surface area contributed by atoms with Crippen LogP contribution < -0.4 is 20.5 Å². The van der Waals surface area contributed by atoms with Crippen LogP contribution in [-0.2, 0) is 24.8 Å². The van der Waals surface area contributed by atoms with Crippen LogP contribution in [0.25, 0.3) is 0 Å². The summed E-state index contributed by atoms with van der Waals surface area (Å²) in [5.41, 5.74) is 0.937. The average Bonchev–Trinajstić information content (AvgIpc) is 2.59. The molecule has 0 atom stereocenters. The van der Waals surface area contributed by atoms with E-state index in [1.54, 1.807) is 0 Å². The first kappa shape index (κ1) is 21.7. The third kappa shape index (κ3) is 5.68. The molecule has 2 aromatic rings. The van der Waals surface area contributed by atoms with E-state index < -0.39 is 20.0 Å². The topological polar surface area (TPSA) is 147 Å². The lowest BCUT2D eigenvalue weighted by Crippen LogP contribution is -2.17. The molecular formula is C17H22N4O5S2. The van der Waals surface area contributed by atoms with E-state index in [2.05, 4.69) is 15.4 Å². The lowest BCUT2D eigenvalue weighted by atomic mass is 10.2. The normalized spacial score (nSPS) is 11.7. The van der Waals surface area contributed by atoms with Gasteiger partial charge in [-0.1, -0.05) is 6.92 Å². The summed E-state index contributed by atoms with van der Waals surface area (Å²) in [6, 6.07) is 9.48. The molecule has 0 saturated carbocycles. The molecule has 0 radical (unpaired) electrons. The predicted octanol–water partition coefficient (Wildman–Crippen LogP) is 1.92. The molecule has 0 fully saturated rings. The predicted molar refractivity (Wildman–Crippen MR) is 108 cm³/mol. The van der Waals surface area contributed by atoms with Crippen LogP contribution in [0, 0.1) is 0 Å². The first-order valence-electron chi connectivity index (χ1n) is 8.34. The molecular weight excluding hydrogens is 404 g/mol. The zero-order valence-electron chi connectivity index (χ0n) is 15.4. The summed E-state index contributed by atoms with van der Waals surface area (Å²) in [5, 5.41) is 10.7. The number of hydrogen-bond acceptors (Lipinski definition) is 6. The number of benzene rings is 2. The second kappa shape index (κ2) is 8.59. The number of anilines is 3. The van der Waals surface area contributed by atoms with Gasteiger partial charge in [-0.15, -0.1) is 0 Å². The quantitative estimate of drug-likeness (QED) is 0.507. The SMILES string of the molecule is CCCNc1ccc(S(N)(=O)=O)cc1NS(=O)(=O)c1ccc(NC(C)=O)cc1. The van der Waals surface area contributed by atoms with Gasteiger partial charge in [-0.05, 0) is 48.9 Å². The van der Waals surface area contributed by atoms with E-state index in [-0.39, 0.29) is 21.4 Å². The van der Waals surface area contributed by atoms with Crippen LogP contribution in [-0.4, -0.2) is 29.3 Å². The molecule has 0 aromatic heterocycles. The molecule has 0 spiro atoms. The smallest absolute Gasteiger partial charge is 0.261 e. The van der Waals surface area contributed by atoms with Gasteiger partial charge in [0, 0.05) is 19.2 Å². The third-order valence-corrected chi connectivity index (χ3v) is 5.91. The monoisotopic (exact) mass is 426 g/mol. The first-order chi connectivity index (χ1) is 13.0.